The number of amides is 1. The molecule has 0 spiro atoms. The van der Waals surface area contributed by atoms with E-state index in [9.17, 15) is 4.79 Å². The minimum Gasteiger partial charge on any atom is -0.494 e. The Morgan fingerprint density at radius 3 is 2.89 bits per heavy atom. The van der Waals surface area contributed by atoms with E-state index in [1.807, 2.05) is 38.1 Å². The van der Waals surface area contributed by atoms with Crippen LogP contribution >= 0.6 is 11.6 Å². The number of nitrogens with zero attached hydrogens (tertiary/aromatic N) is 2. The summed E-state index contributed by atoms with van der Waals surface area (Å²) in [5.74, 6) is 0.831. The van der Waals surface area contributed by atoms with E-state index in [0.717, 1.165) is 22.2 Å². The fourth-order valence-electron chi connectivity index (χ4n) is 3.11. The maximum Gasteiger partial charge on any atom is 0.222 e. The molecule has 6 nitrogen and oxygen atoms in total. The molecule has 1 aromatic carbocycles. The Morgan fingerprint density at radius 2 is 2.19 bits per heavy atom. The number of rotatable bonds is 7. The van der Waals surface area contributed by atoms with Gasteiger partial charge in [0.1, 0.15) is 10.9 Å². The summed E-state index contributed by atoms with van der Waals surface area (Å²) in [4.78, 5) is 18.7. The SMILES string of the molecule is CCOc1ccc2nc(Cl)c(CN(CC3COCCO3)C(=O)CC)cc2c1. The van der Waals surface area contributed by atoms with Crippen molar-refractivity contribution in [3.05, 3.63) is 35.0 Å². The molecule has 0 bridgehead atoms. The van der Waals surface area contributed by atoms with Crippen molar-refractivity contribution < 1.29 is 19.0 Å². The largest absolute Gasteiger partial charge is 0.494 e. The molecular weight excluding hydrogens is 368 g/mol. The predicted octanol–water partition coefficient (Wildman–Crippen LogP) is 3.44. The Hall–Kier alpha value is -1.89. The molecule has 1 aliphatic rings. The summed E-state index contributed by atoms with van der Waals surface area (Å²) in [7, 11) is 0. The van der Waals surface area contributed by atoms with Crippen LogP contribution in [0.4, 0.5) is 0 Å². The van der Waals surface area contributed by atoms with Crippen LogP contribution in [-0.4, -0.2) is 54.9 Å². The molecule has 0 saturated carbocycles. The summed E-state index contributed by atoms with van der Waals surface area (Å²) in [5.41, 5.74) is 1.60. The van der Waals surface area contributed by atoms with Crippen molar-refractivity contribution in [3.63, 3.8) is 0 Å². The number of aromatic nitrogens is 1. The van der Waals surface area contributed by atoms with Crippen LogP contribution in [0.15, 0.2) is 24.3 Å². The standard InChI is InChI=1S/C20H25ClN2O4/c1-3-19(24)23(12-17-13-25-7-8-27-17)11-15-9-14-10-16(26-4-2)5-6-18(14)22-20(15)21/h5-6,9-10,17H,3-4,7-8,11-13H2,1-2H3. The predicted molar refractivity (Wildman–Crippen MR) is 104 cm³/mol. The van der Waals surface area contributed by atoms with E-state index in [1.165, 1.54) is 0 Å². The Labute approximate surface area is 164 Å². The number of ether oxygens (including phenoxy) is 3. The average molecular weight is 393 g/mol. The van der Waals surface area contributed by atoms with Crippen LogP contribution in [0, 0.1) is 0 Å². The van der Waals surface area contributed by atoms with Gasteiger partial charge >= 0.3 is 0 Å². The zero-order chi connectivity index (χ0) is 19.2. The van der Waals surface area contributed by atoms with Gasteiger partial charge in [0.15, 0.2) is 0 Å². The molecular formula is C20H25ClN2O4. The van der Waals surface area contributed by atoms with E-state index in [4.69, 9.17) is 25.8 Å². The fraction of sp³-hybridized carbons (Fsp3) is 0.500. The molecule has 0 N–H and O–H groups in total. The van der Waals surface area contributed by atoms with Gasteiger partial charge in [0, 0.05) is 30.5 Å². The molecule has 27 heavy (non-hydrogen) atoms. The molecule has 1 unspecified atom stereocenters. The van der Waals surface area contributed by atoms with E-state index in [0.29, 0.717) is 51.1 Å². The number of halogens is 1. The van der Waals surface area contributed by atoms with E-state index >= 15 is 0 Å². The van der Waals surface area contributed by atoms with Gasteiger partial charge in [0.05, 0.1) is 38.0 Å². The van der Waals surface area contributed by atoms with Gasteiger partial charge in [-0.15, -0.1) is 0 Å². The van der Waals surface area contributed by atoms with Gasteiger partial charge in [-0.05, 0) is 31.2 Å². The summed E-state index contributed by atoms with van der Waals surface area (Å²) in [6, 6.07) is 7.68. The first-order valence-corrected chi connectivity index (χ1v) is 9.67. The lowest BCUT2D eigenvalue weighted by atomic mass is 10.1. The average Bonchev–Trinajstić information content (AvgIpc) is 2.68. The minimum atomic E-state index is -0.119. The summed E-state index contributed by atoms with van der Waals surface area (Å²) in [6.45, 7) is 6.89. The van der Waals surface area contributed by atoms with E-state index in [-0.39, 0.29) is 12.0 Å². The van der Waals surface area contributed by atoms with Gasteiger partial charge in [0.25, 0.3) is 0 Å². The van der Waals surface area contributed by atoms with Crippen LogP contribution in [0.5, 0.6) is 5.75 Å². The number of fused-ring (bicyclic) bond motifs is 1. The molecule has 1 fully saturated rings. The molecule has 2 heterocycles. The molecule has 3 rings (SSSR count). The van der Waals surface area contributed by atoms with E-state index < -0.39 is 0 Å². The monoisotopic (exact) mass is 392 g/mol. The van der Waals surface area contributed by atoms with Crippen molar-refractivity contribution in [3.8, 4) is 5.75 Å². The first kappa shape index (κ1) is 19.9. The van der Waals surface area contributed by atoms with Crippen LogP contribution in [0.2, 0.25) is 5.15 Å². The number of carbonyl (C=O) groups is 1. The Kier molecular flexibility index (Phi) is 6.88. The smallest absolute Gasteiger partial charge is 0.222 e. The molecule has 1 atom stereocenters. The number of benzene rings is 1. The number of hydrogen-bond donors (Lipinski definition) is 0. The highest BCUT2D eigenvalue weighted by Crippen LogP contribution is 2.26. The third-order valence-electron chi connectivity index (χ3n) is 4.45. The van der Waals surface area contributed by atoms with Crippen molar-refractivity contribution in [2.45, 2.75) is 32.9 Å². The zero-order valence-electron chi connectivity index (χ0n) is 15.7. The lowest BCUT2D eigenvalue weighted by Crippen LogP contribution is -2.42. The van der Waals surface area contributed by atoms with Crippen LogP contribution in [0.25, 0.3) is 10.9 Å². The van der Waals surface area contributed by atoms with Gasteiger partial charge < -0.3 is 19.1 Å². The van der Waals surface area contributed by atoms with E-state index in [2.05, 4.69) is 4.98 Å². The number of hydrogen-bond acceptors (Lipinski definition) is 5. The van der Waals surface area contributed by atoms with Crippen molar-refractivity contribution in [1.82, 2.24) is 9.88 Å². The molecule has 1 amide bonds. The van der Waals surface area contributed by atoms with E-state index in [1.54, 1.807) is 4.90 Å². The first-order chi connectivity index (χ1) is 13.1. The molecule has 0 radical (unpaired) electrons. The maximum absolute atomic E-state index is 12.5. The van der Waals surface area contributed by atoms with Crippen LogP contribution in [0.3, 0.4) is 0 Å². The van der Waals surface area contributed by atoms with Gasteiger partial charge in [-0.2, -0.15) is 0 Å². The summed E-state index contributed by atoms with van der Waals surface area (Å²) >= 11 is 6.40. The highest BCUT2D eigenvalue weighted by atomic mass is 35.5. The summed E-state index contributed by atoms with van der Waals surface area (Å²) in [6.07, 6.45) is 0.298. The van der Waals surface area contributed by atoms with Crippen molar-refractivity contribution in [2.24, 2.45) is 0 Å². The zero-order valence-corrected chi connectivity index (χ0v) is 16.5. The van der Waals surface area contributed by atoms with Gasteiger partial charge in [-0.3, -0.25) is 4.79 Å². The minimum absolute atomic E-state index is 0.0448. The Balaban J connectivity index is 1.83. The van der Waals surface area contributed by atoms with Gasteiger partial charge in [0.2, 0.25) is 5.91 Å². The molecule has 1 aliphatic heterocycles. The lowest BCUT2D eigenvalue weighted by Gasteiger charge is -2.30. The third kappa shape index (κ3) is 5.09. The van der Waals surface area contributed by atoms with Crippen molar-refractivity contribution >= 4 is 28.4 Å². The molecule has 0 aliphatic carbocycles. The topological polar surface area (TPSA) is 60.9 Å². The van der Waals surface area contributed by atoms with Crippen LogP contribution in [-0.2, 0) is 20.8 Å². The highest BCUT2D eigenvalue weighted by molar-refractivity contribution is 6.30. The van der Waals surface area contributed by atoms with Crippen molar-refractivity contribution in [1.29, 1.82) is 0 Å². The summed E-state index contributed by atoms with van der Waals surface area (Å²) < 4.78 is 16.7. The third-order valence-corrected chi connectivity index (χ3v) is 4.78. The second-order valence-electron chi connectivity index (χ2n) is 6.42. The first-order valence-electron chi connectivity index (χ1n) is 9.29. The molecule has 7 heteroatoms. The Bertz CT molecular complexity index is 793. The normalized spacial score (nSPS) is 17.1. The summed E-state index contributed by atoms with van der Waals surface area (Å²) in [5, 5.41) is 1.34. The molecule has 2 aromatic rings. The molecule has 146 valence electrons. The van der Waals surface area contributed by atoms with Gasteiger partial charge in [-0.25, -0.2) is 4.98 Å². The van der Waals surface area contributed by atoms with Gasteiger partial charge in [-0.1, -0.05) is 18.5 Å². The Morgan fingerprint density at radius 1 is 1.33 bits per heavy atom. The van der Waals surface area contributed by atoms with Crippen molar-refractivity contribution in [2.75, 3.05) is 33.0 Å². The quantitative estimate of drug-likeness (QED) is 0.675. The molecule has 1 saturated heterocycles. The lowest BCUT2D eigenvalue weighted by molar-refractivity contribution is -0.138. The maximum atomic E-state index is 12.5. The second kappa shape index (κ2) is 9.35. The number of carbonyl (C=O) groups excluding carboxylic acids is 1. The fourth-order valence-corrected chi connectivity index (χ4v) is 3.32. The highest BCUT2D eigenvalue weighted by Gasteiger charge is 2.22. The molecule has 1 aromatic heterocycles. The van der Waals surface area contributed by atoms with Crippen LogP contribution in [0.1, 0.15) is 25.8 Å². The second-order valence-corrected chi connectivity index (χ2v) is 6.78. The number of pyridine rings is 1. The van der Waals surface area contributed by atoms with Crippen LogP contribution < -0.4 is 4.74 Å².